The largest absolute Gasteiger partial charge is 0.465 e. The van der Waals surface area contributed by atoms with Gasteiger partial charge in [-0.1, -0.05) is 0 Å². The number of carboxylic acid groups (broad SMARTS) is 1. The highest BCUT2D eigenvalue weighted by molar-refractivity contribution is 6.01. The molecule has 9 heteroatoms. The molecule has 1 aromatic carbocycles. The van der Waals surface area contributed by atoms with E-state index in [4.69, 9.17) is 15.6 Å². The van der Waals surface area contributed by atoms with Gasteiger partial charge in [-0.2, -0.15) is 0 Å². The van der Waals surface area contributed by atoms with Crippen LogP contribution in [0.4, 0.5) is 23.7 Å². The van der Waals surface area contributed by atoms with Crippen LogP contribution in [0.5, 0.6) is 0 Å². The zero-order valence-electron chi connectivity index (χ0n) is 12.3. The fraction of sp³-hybridized carbons (Fsp3) is 0.429. The summed E-state index contributed by atoms with van der Waals surface area (Å²) in [6.45, 7) is -1.53. The molecule has 1 heterocycles. The van der Waals surface area contributed by atoms with E-state index in [2.05, 4.69) is 4.99 Å². The minimum Gasteiger partial charge on any atom is -0.465 e. The summed E-state index contributed by atoms with van der Waals surface area (Å²) in [6.07, 6.45) is -1.56. The first-order chi connectivity index (χ1) is 10.8. The highest BCUT2D eigenvalue weighted by atomic mass is 19.1. The van der Waals surface area contributed by atoms with Crippen LogP contribution in [0, 0.1) is 5.82 Å². The summed E-state index contributed by atoms with van der Waals surface area (Å²) < 4.78 is 45.8. The van der Waals surface area contributed by atoms with Crippen LogP contribution >= 0.6 is 0 Å². The minimum absolute atomic E-state index is 0.0357. The Kier molecular flexibility index (Phi) is 4.51. The van der Waals surface area contributed by atoms with Gasteiger partial charge in [0.15, 0.2) is 5.60 Å². The average molecular weight is 331 g/mol. The maximum atomic E-state index is 14.1. The molecule has 4 N–H and O–H groups in total. The van der Waals surface area contributed by atoms with Crippen molar-refractivity contribution in [1.82, 2.24) is 5.32 Å². The lowest BCUT2D eigenvalue weighted by molar-refractivity contribution is -0.0588. The number of nitrogens with two attached hydrogens (primary N) is 1. The van der Waals surface area contributed by atoms with E-state index in [9.17, 15) is 18.0 Å². The van der Waals surface area contributed by atoms with Crippen molar-refractivity contribution in [3.05, 3.63) is 29.6 Å². The van der Waals surface area contributed by atoms with Crippen molar-refractivity contribution in [2.24, 2.45) is 4.99 Å². The number of anilines is 1. The Morgan fingerprint density at radius 3 is 2.70 bits per heavy atom. The highest BCUT2D eigenvalue weighted by Crippen LogP contribution is 2.36. The van der Waals surface area contributed by atoms with Crippen molar-refractivity contribution in [3.8, 4) is 0 Å². The summed E-state index contributed by atoms with van der Waals surface area (Å²) in [5.41, 5.74) is 2.40. The summed E-state index contributed by atoms with van der Waals surface area (Å²) in [5.74, 6) is -1.19. The van der Waals surface area contributed by atoms with Gasteiger partial charge in [0.1, 0.15) is 30.5 Å². The second-order valence-electron chi connectivity index (χ2n) is 5.45. The van der Waals surface area contributed by atoms with Gasteiger partial charge in [0.25, 0.3) is 0 Å². The maximum absolute atomic E-state index is 14.1. The molecular formula is C14H16F3N3O3. The second kappa shape index (κ2) is 6.07. The Labute approximate surface area is 130 Å². The molecule has 0 aliphatic carbocycles. The SMILES string of the molecule is CC1(c2cc(N)ccc2F)COC(CF)(CF)C(NC(=O)O)=N1. The molecule has 1 aliphatic heterocycles. The third-order valence-electron chi connectivity index (χ3n) is 3.65. The van der Waals surface area contributed by atoms with Crippen LogP contribution in [-0.2, 0) is 10.3 Å². The Balaban J connectivity index is 2.56. The van der Waals surface area contributed by atoms with Crippen LogP contribution < -0.4 is 11.1 Å². The van der Waals surface area contributed by atoms with Gasteiger partial charge < -0.3 is 15.6 Å². The predicted molar refractivity (Wildman–Crippen MR) is 77.4 cm³/mol. The quantitative estimate of drug-likeness (QED) is 0.738. The number of hydrogen-bond donors (Lipinski definition) is 3. The number of amides is 1. The highest BCUT2D eigenvalue weighted by Gasteiger charge is 2.47. The number of nitrogens with one attached hydrogen (secondary N) is 1. The van der Waals surface area contributed by atoms with E-state index in [0.29, 0.717) is 0 Å². The van der Waals surface area contributed by atoms with Crippen molar-refractivity contribution in [3.63, 3.8) is 0 Å². The second-order valence-corrected chi connectivity index (χ2v) is 5.45. The van der Waals surface area contributed by atoms with E-state index in [-0.39, 0.29) is 17.9 Å². The number of rotatable bonds is 3. The fourth-order valence-corrected chi connectivity index (χ4v) is 2.30. The van der Waals surface area contributed by atoms with Crippen LogP contribution in [0.25, 0.3) is 0 Å². The van der Waals surface area contributed by atoms with Crippen LogP contribution in [-0.4, -0.2) is 42.6 Å². The van der Waals surface area contributed by atoms with Crippen molar-refractivity contribution in [2.75, 3.05) is 25.7 Å². The summed E-state index contributed by atoms with van der Waals surface area (Å²) in [6, 6.07) is 3.79. The number of carbonyl (C=O) groups is 1. The van der Waals surface area contributed by atoms with Crippen LogP contribution in [0.2, 0.25) is 0 Å². The van der Waals surface area contributed by atoms with Gasteiger partial charge in [-0.15, -0.1) is 0 Å². The smallest absolute Gasteiger partial charge is 0.410 e. The molecule has 1 unspecified atom stereocenters. The van der Waals surface area contributed by atoms with E-state index in [1.807, 2.05) is 5.32 Å². The molecule has 1 aromatic rings. The van der Waals surface area contributed by atoms with Gasteiger partial charge >= 0.3 is 6.09 Å². The fourth-order valence-electron chi connectivity index (χ4n) is 2.30. The van der Waals surface area contributed by atoms with E-state index in [1.54, 1.807) is 0 Å². The normalized spacial score (nSPS) is 23.2. The Bertz CT molecular complexity index is 649. The number of nitrogens with zero attached hydrogens (tertiary/aromatic N) is 1. The molecule has 0 radical (unpaired) electrons. The van der Waals surface area contributed by atoms with Crippen molar-refractivity contribution >= 4 is 17.6 Å². The third kappa shape index (κ3) is 3.09. The molecule has 0 aromatic heterocycles. The lowest BCUT2D eigenvalue weighted by Crippen LogP contribution is -2.59. The molecule has 1 amide bonds. The van der Waals surface area contributed by atoms with E-state index < -0.39 is 42.2 Å². The molecule has 0 spiro atoms. The Morgan fingerprint density at radius 2 is 2.13 bits per heavy atom. The van der Waals surface area contributed by atoms with Gasteiger partial charge in [0.05, 0.1) is 6.61 Å². The van der Waals surface area contributed by atoms with Gasteiger partial charge in [0.2, 0.25) is 0 Å². The molecule has 23 heavy (non-hydrogen) atoms. The number of alkyl halides is 2. The number of ether oxygens (including phenoxy) is 1. The van der Waals surface area contributed by atoms with Gasteiger partial charge in [-0.25, -0.2) is 18.0 Å². The monoisotopic (exact) mass is 331 g/mol. The molecular weight excluding hydrogens is 315 g/mol. The van der Waals surface area contributed by atoms with E-state index in [1.165, 1.54) is 19.1 Å². The molecule has 6 nitrogen and oxygen atoms in total. The summed E-state index contributed by atoms with van der Waals surface area (Å²) >= 11 is 0. The zero-order valence-corrected chi connectivity index (χ0v) is 12.3. The molecule has 1 atom stereocenters. The third-order valence-corrected chi connectivity index (χ3v) is 3.65. The molecule has 126 valence electrons. The summed E-state index contributed by atoms with van der Waals surface area (Å²) in [4.78, 5) is 14.9. The van der Waals surface area contributed by atoms with Crippen LogP contribution in [0.15, 0.2) is 23.2 Å². The number of halogens is 3. The Morgan fingerprint density at radius 1 is 1.48 bits per heavy atom. The minimum atomic E-state index is -2.14. The van der Waals surface area contributed by atoms with Gasteiger partial charge in [0, 0.05) is 11.3 Å². The number of amidine groups is 1. The van der Waals surface area contributed by atoms with Gasteiger partial charge in [-0.05, 0) is 25.1 Å². The number of hydrogen-bond acceptors (Lipinski definition) is 4. The van der Waals surface area contributed by atoms with Crippen LogP contribution in [0.3, 0.4) is 0 Å². The number of benzene rings is 1. The van der Waals surface area contributed by atoms with E-state index >= 15 is 0 Å². The standard InChI is InChI=1S/C14H16F3N3O3/c1-13(9-4-8(18)2-3-10(9)17)7-23-14(5-15,6-16)11(20-13)19-12(21)22/h2-4H,5-7,18H2,1H3,(H,19,20)(H,21,22). The maximum Gasteiger partial charge on any atom is 0.410 e. The van der Waals surface area contributed by atoms with Crippen molar-refractivity contribution < 1.29 is 27.8 Å². The predicted octanol–water partition coefficient (Wildman–Crippen LogP) is 2.00. The molecule has 2 rings (SSSR count). The summed E-state index contributed by atoms with van der Waals surface area (Å²) in [7, 11) is 0. The topological polar surface area (TPSA) is 96.9 Å². The average Bonchev–Trinajstić information content (AvgIpc) is 2.50. The molecule has 1 aliphatic rings. The molecule has 0 saturated carbocycles. The number of aliphatic imine (C=N–C) groups is 1. The lowest BCUT2D eigenvalue weighted by Gasteiger charge is -2.40. The number of nitrogen functional groups attached to an aromatic ring is 1. The molecule has 0 saturated heterocycles. The van der Waals surface area contributed by atoms with Crippen molar-refractivity contribution in [2.45, 2.75) is 18.1 Å². The Hall–Kier alpha value is -2.29. The zero-order chi connectivity index (χ0) is 17.3. The lowest BCUT2D eigenvalue weighted by atomic mass is 9.89. The van der Waals surface area contributed by atoms with Crippen molar-refractivity contribution in [1.29, 1.82) is 0 Å². The summed E-state index contributed by atoms with van der Waals surface area (Å²) in [5, 5.41) is 10.7. The molecule has 0 bridgehead atoms. The first-order valence-corrected chi connectivity index (χ1v) is 6.68. The van der Waals surface area contributed by atoms with E-state index in [0.717, 1.165) is 6.07 Å². The first kappa shape index (κ1) is 17.1. The van der Waals surface area contributed by atoms with Crippen LogP contribution in [0.1, 0.15) is 12.5 Å². The first-order valence-electron chi connectivity index (χ1n) is 6.68. The van der Waals surface area contributed by atoms with Gasteiger partial charge in [-0.3, -0.25) is 10.3 Å². The molecule has 0 fully saturated rings.